The number of likely N-dealkylation sites (tertiary alicyclic amines) is 1. The molecule has 19 heavy (non-hydrogen) atoms. The fraction of sp³-hybridized carbons (Fsp3) is 0.643. The van der Waals surface area contributed by atoms with Gasteiger partial charge in [-0.05, 0) is 45.3 Å². The minimum absolute atomic E-state index is 0.123. The van der Waals surface area contributed by atoms with Gasteiger partial charge in [0.15, 0.2) is 0 Å². The minimum atomic E-state index is 0.123. The maximum absolute atomic E-state index is 12.5. The van der Waals surface area contributed by atoms with E-state index in [2.05, 4.69) is 5.32 Å². The number of nitrogens with zero attached hydrogens (tertiary/aromatic N) is 1. The van der Waals surface area contributed by atoms with Gasteiger partial charge < -0.3 is 15.0 Å². The predicted octanol–water partition coefficient (Wildman–Crippen LogP) is 2.14. The van der Waals surface area contributed by atoms with E-state index >= 15 is 0 Å². The summed E-state index contributed by atoms with van der Waals surface area (Å²) in [4.78, 5) is 16.3. The molecule has 1 aromatic heterocycles. The second-order valence-electron chi connectivity index (χ2n) is 5.05. The summed E-state index contributed by atoms with van der Waals surface area (Å²) in [5.74, 6) is 1.53. The highest BCUT2D eigenvalue weighted by Gasteiger charge is 2.26. The monoisotopic (exact) mass is 282 g/mol. The van der Waals surface area contributed by atoms with Crippen LogP contribution in [0.25, 0.3) is 0 Å². The average Bonchev–Trinajstić information content (AvgIpc) is 2.80. The van der Waals surface area contributed by atoms with E-state index in [-0.39, 0.29) is 5.91 Å². The topological polar surface area (TPSA) is 41.6 Å². The smallest absolute Gasteiger partial charge is 0.267 e. The first-order valence-corrected chi connectivity index (χ1v) is 7.55. The maximum atomic E-state index is 12.5. The van der Waals surface area contributed by atoms with E-state index in [0.717, 1.165) is 42.2 Å². The molecule has 0 saturated carbocycles. The standard InChI is InChI=1S/C14H22N2O2S/c1-10-8-12(18-3)13(19-10)14(17)16-6-4-11(5-7-16)9-15-2/h8,11,15H,4-7,9H2,1-3H3. The number of methoxy groups -OCH3 is 1. The molecule has 0 atom stereocenters. The molecule has 1 fully saturated rings. The Balaban J connectivity index is 2.01. The SMILES string of the molecule is CNCC1CCN(C(=O)c2sc(C)cc2OC)CC1. The van der Waals surface area contributed by atoms with Crippen LogP contribution in [0.15, 0.2) is 6.07 Å². The Labute approximate surface area is 118 Å². The van der Waals surface area contributed by atoms with E-state index < -0.39 is 0 Å². The van der Waals surface area contributed by atoms with Crippen molar-refractivity contribution in [1.82, 2.24) is 10.2 Å². The summed E-state index contributed by atoms with van der Waals surface area (Å²) in [5, 5.41) is 3.21. The number of hydrogen-bond acceptors (Lipinski definition) is 4. The number of thiophene rings is 1. The molecule has 0 radical (unpaired) electrons. The normalized spacial score (nSPS) is 16.7. The molecule has 0 bridgehead atoms. The van der Waals surface area contributed by atoms with Gasteiger partial charge in [0, 0.05) is 18.0 Å². The lowest BCUT2D eigenvalue weighted by Crippen LogP contribution is -2.40. The highest BCUT2D eigenvalue weighted by atomic mass is 32.1. The van der Waals surface area contributed by atoms with Crippen LogP contribution in [-0.4, -0.2) is 44.6 Å². The number of carbonyl (C=O) groups excluding carboxylic acids is 1. The van der Waals surface area contributed by atoms with Crippen molar-refractivity contribution >= 4 is 17.2 Å². The van der Waals surface area contributed by atoms with E-state index in [1.54, 1.807) is 7.11 Å². The zero-order chi connectivity index (χ0) is 13.8. The number of hydrogen-bond donors (Lipinski definition) is 1. The Bertz CT molecular complexity index is 437. The molecule has 106 valence electrons. The Morgan fingerprint density at radius 1 is 1.53 bits per heavy atom. The van der Waals surface area contributed by atoms with Crippen molar-refractivity contribution in [2.24, 2.45) is 5.92 Å². The van der Waals surface area contributed by atoms with Crippen LogP contribution < -0.4 is 10.1 Å². The number of ether oxygens (including phenoxy) is 1. The molecule has 0 aromatic carbocycles. The van der Waals surface area contributed by atoms with Crippen molar-refractivity contribution in [3.63, 3.8) is 0 Å². The number of carbonyl (C=O) groups is 1. The zero-order valence-electron chi connectivity index (χ0n) is 11.9. The van der Waals surface area contributed by atoms with Gasteiger partial charge in [0.25, 0.3) is 5.91 Å². The third-order valence-electron chi connectivity index (χ3n) is 3.63. The molecule has 1 aromatic rings. The van der Waals surface area contributed by atoms with Crippen molar-refractivity contribution in [1.29, 1.82) is 0 Å². The van der Waals surface area contributed by atoms with E-state index in [1.165, 1.54) is 11.3 Å². The lowest BCUT2D eigenvalue weighted by molar-refractivity contribution is 0.0693. The van der Waals surface area contributed by atoms with E-state index in [9.17, 15) is 4.79 Å². The van der Waals surface area contributed by atoms with Crippen LogP contribution in [0.2, 0.25) is 0 Å². The summed E-state index contributed by atoms with van der Waals surface area (Å²) >= 11 is 1.52. The average molecular weight is 282 g/mol. The van der Waals surface area contributed by atoms with Crippen LogP contribution in [0, 0.1) is 12.8 Å². The molecule has 2 heterocycles. The Morgan fingerprint density at radius 2 is 2.21 bits per heavy atom. The van der Waals surface area contributed by atoms with Crippen molar-refractivity contribution in [3.05, 3.63) is 15.8 Å². The quantitative estimate of drug-likeness (QED) is 0.920. The lowest BCUT2D eigenvalue weighted by atomic mass is 9.97. The molecule has 0 unspecified atom stereocenters. The fourth-order valence-corrected chi connectivity index (χ4v) is 3.51. The first-order chi connectivity index (χ1) is 9.15. The molecule has 0 spiro atoms. The van der Waals surface area contributed by atoms with Crippen molar-refractivity contribution < 1.29 is 9.53 Å². The van der Waals surface area contributed by atoms with Gasteiger partial charge in [0.1, 0.15) is 10.6 Å². The Hall–Kier alpha value is -1.07. The molecular formula is C14H22N2O2S. The number of piperidine rings is 1. The van der Waals surface area contributed by atoms with Crippen LogP contribution in [0.5, 0.6) is 5.75 Å². The van der Waals surface area contributed by atoms with Crippen molar-refractivity contribution in [2.75, 3.05) is 33.8 Å². The molecule has 1 aliphatic rings. The summed E-state index contributed by atoms with van der Waals surface area (Å²) in [6, 6.07) is 1.94. The number of aryl methyl sites for hydroxylation is 1. The van der Waals surface area contributed by atoms with Crippen molar-refractivity contribution in [2.45, 2.75) is 19.8 Å². The highest BCUT2D eigenvalue weighted by molar-refractivity contribution is 7.14. The van der Waals surface area contributed by atoms with Gasteiger partial charge in [-0.3, -0.25) is 4.79 Å². The number of amides is 1. The lowest BCUT2D eigenvalue weighted by Gasteiger charge is -2.31. The summed E-state index contributed by atoms with van der Waals surface area (Å²) in [6.45, 7) is 4.75. The Kier molecular flexibility index (Phi) is 4.82. The number of rotatable bonds is 4. The van der Waals surface area contributed by atoms with Gasteiger partial charge in [-0.1, -0.05) is 0 Å². The van der Waals surface area contributed by atoms with E-state index in [4.69, 9.17) is 4.74 Å². The number of nitrogens with one attached hydrogen (secondary N) is 1. The minimum Gasteiger partial charge on any atom is -0.495 e. The van der Waals surface area contributed by atoms with Crippen LogP contribution in [0.1, 0.15) is 27.4 Å². The summed E-state index contributed by atoms with van der Waals surface area (Å²) < 4.78 is 5.29. The Morgan fingerprint density at radius 3 is 2.79 bits per heavy atom. The zero-order valence-corrected chi connectivity index (χ0v) is 12.7. The molecule has 0 aliphatic carbocycles. The van der Waals surface area contributed by atoms with Crippen LogP contribution in [0.4, 0.5) is 0 Å². The van der Waals surface area contributed by atoms with Gasteiger partial charge >= 0.3 is 0 Å². The largest absolute Gasteiger partial charge is 0.495 e. The maximum Gasteiger partial charge on any atom is 0.267 e. The molecule has 4 nitrogen and oxygen atoms in total. The van der Waals surface area contributed by atoms with Gasteiger partial charge in [0.2, 0.25) is 0 Å². The summed E-state index contributed by atoms with van der Waals surface area (Å²) in [5.41, 5.74) is 0. The molecule has 2 rings (SSSR count). The highest BCUT2D eigenvalue weighted by Crippen LogP contribution is 2.31. The third kappa shape index (κ3) is 3.28. The fourth-order valence-electron chi connectivity index (χ4n) is 2.56. The molecule has 1 aliphatic heterocycles. The molecule has 1 N–H and O–H groups in total. The van der Waals surface area contributed by atoms with Crippen molar-refractivity contribution in [3.8, 4) is 5.75 Å². The first-order valence-electron chi connectivity index (χ1n) is 6.74. The first kappa shape index (κ1) is 14.3. The van der Waals surface area contributed by atoms with Gasteiger partial charge in [-0.25, -0.2) is 0 Å². The summed E-state index contributed by atoms with van der Waals surface area (Å²) in [7, 11) is 3.61. The molecular weight excluding hydrogens is 260 g/mol. The van der Waals surface area contributed by atoms with Gasteiger partial charge in [0.05, 0.1) is 7.11 Å². The van der Waals surface area contributed by atoms with Gasteiger partial charge in [-0.15, -0.1) is 11.3 Å². The predicted molar refractivity (Wildman–Crippen MR) is 78.2 cm³/mol. The van der Waals surface area contributed by atoms with Crippen LogP contribution in [0.3, 0.4) is 0 Å². The van der Waals surface area contributed by atoms with Crippen LogP contribution in [-0.2, 0) is 0 Å². The second kappa shape index (κ2) is 6.39. The molecule has 1 saturated heterocycles. The second-order valence-corrected chi connectivity index (χ2v) is 6.30. The molecule has 1 amide bonds. The van der Waals surface area contributed by atoms with E-state index in [1.807, 2.05) is 24.9 Å². The summed E-state index contributed by atoms with van der Waals surface area (Å²) in [6.07, 6.45) is 2.17. The molecule has 5 heteroatoms. The third-order valence-corrected chi connectivity index (χ3v) is 4.65. The van der Waals surface area contributed by atoms with E-state index in [0.29, 0.717) is 11.7 Å². The van der Waals surface area contributed by atoms with Gasteiger partial charge in [-0.2, -0.15) is 0 Å². The van der Waals surface area contributed by atoms with Crippen LogP contribution >= 0.6 is 11.3 Å².